The molecule has 0 aliphatic rings. The van der Waals surface area contributed by atoms with Gasteiger partial charge in [0.15, 0.2) is 5.82 Å². The first-order valence-corrected chi connectivity index (χ1v) is 2.79. The number of aromatic nitrogens is 2. The summed E-state index contributed by atoms with van der Waals surface area (Å²) in [5.74, 6) is 0.359. The second-order valence-electron chi connectivity index (χ2n) is 1.71. The van der Waals surface area contributed by atoms with Gasteiger partial charge in [-0.25, -0.2) is 0 Å². The Labute approximate surface area is 52.5 Å². The number of hydrogen-bond acceptors (Lipinski definition) is 4. The molecule has 1 rings (SSSR count). The van der Waals surface area contributed by atoms with Crippen molar-refractivity contribution in [1.82, 2.24) is 10.1 Å². The molecule has 0 radical (unpaired) electrons. The Hall–Kier alpha value is -0.900. The molecule has 0 fully saturated rings. The fourth-order valence-electron chi connectivity index (χ4n) is 0.508. The van der Waals surface area contributed by atoms with E-state index in [1.807, 2.05) is 6.92 Å². The molecule has 4 heteroatoms. The van der Waals surface area contributed by atoms with Crippen LogP contribution in [0.4, 0.5) is 0 Å². The molecule has 0 aliphatic carbocycles. The summed E-state index contributed by atoms with van der Waals surface area (Å²) >= 11 is 0. The largest absolute Gasteiger partial charge is 0.385 e. The third-order valence-corrected chi connectivity index (χ3v) is 1.06. The molecule has 1 unspecified atom stereocenters. The van der Waals surface area contributed by atoms with Crippen LogP contribution in [0.2, 0.25) is 0 Å². The molecule has 0 amide bonds. The van der Waals surface area contributed by atoms with Gasteiger partial charge < -0.3 is 9.63 Å². The minimum atomic E-state index is -0.580. The summed E-state index contributed by atoms with van der Waals surface area (Å²) in [6.07, 6.45) is 1.23. The van der Waals surface area contributed by atoms with Crippen molar-refractivity contribution in [3.63, 3.8) is 0 Å². The Morgan fingerprint density at radius 1 is 1.89 bits per heavy atom. The smallest absolute Gasteiger partial charge is 0.213 e. The first-order valence-electron chi connectivity index (χ1n) is 2.79. The zero-order valence-electron chi connectivity index (χ0n) is 5.11. The first kappa shape index (κ1) is 6.22. The summed E-state index contributed by atoms with van der Waals surface area (Å²) in [6, 6.07) is 0. The SMILES string of the molecule is CCC(O)c1ncon1. The van der Waals surface area contributed by atoms with E-state index in [1.165, 1.54) is 6.39 Å². The maximum atomic E-state index is 9.03. The molecule has 0 spiro atoms. The molecule has 1 aromatic rings. The second kappa shape index (κ2) is 2.59. The molecule has 1 aromatic heterocycles. The fourth-order valence-corrected chi connectivity index (χ4v) is 0.508. The van der Waals surface area contributed by atoms with Crippen molar-refractivity contribution in [2.75, 3.05) is 0 Å². The summed E-state index contributed by atoms with van der Waals surface area (Å²) in [4.78, 5) is 3.66. The van der Waals surface area contributed by atoms with Gasteiger partial charge in [0, 0.05) is 0 Å². The van der Waals surface area contributed by atoms with Gasteiger partial charge in [0.2, 0.25) is 6.39 Å². The maximum Gasteiger partial charge on any atom is 0.213 e. The Balaban J connectivity index is 2.65. The van der Waals surface area contributed by atoms with E-state index in [-0.39, 0.29) is 0 Å². The minimum Gasteiger partial charge on any atom is -0.385 e. The van der Waals surface area contributed by atoms with Gasteiger partial charge in [-0.2, -0.15) is 4.98 Å². The van der Waals surface area contributed by atoms with Gasteiger partial charge in [0.1, 0.15) is 6.10 Å². The maximum absolute atomic E-state index is 9.03. The van der Waals surface area contributed by atoms with Crippen molar-refractivity contribution in [3.8, 4) is 0 Å². The normalized spacial score (nSPS) is 13.6. The molecule has 0 saturated heterocycles. The molecule has 0 bridgehead atoms. The number of aliphatic hydroxyl groups is 1. The Kier molecular flexibility index (Phi) is 1.79. The van der Waals surface area contributed by atoms with E-state index in [1.54, 1.807) is 0 Å². The van der Waals surface area contributed by atoms with Crippen molar-refractivity contribution < 1.29 is 9.63 Å². The van der Waals surface area contributed by atoms with E-state index in [0.717, 1.165) is 0 Å². The van der Waals surface area contributed by atoms with Crippen LogP contribution in [0.3, 0.4) is 0 Å². The summed E-state index contributed by atoms with van der Waals surface area (Å²) in [7, 11) is 0. The third kappa shape index (κ3) is 1.26. The number of nitrogens with zero attached hydrogens (tertiary/aromatic N) is 2. The van der Waals surface area contributed by atoms with Gasteiger partial charge in [-0.15, -0.1) is 0 Å². The quantitative estimate of drug-likeness (QED) is 0.630. The molecule has 0 saturated carbocycles. The lowest BCUT2D eigenvalue weighted by atomic mass is 10.3. The van der Waals surface area contributed by atoms with E-state index < -0.39 is 6.10 Å². The fraction of sp³-hybridized carbons (Fsp3) is 0.600. The van der Waals surface area contributed by atoms with Crippen LogP contribution >= 0.6 is 0 Å². The molecular weight excluding hydrogens is 120 g/mol. The zero-order chi connectivity index (χ0) is 6.69. The number of aliphatic hydroxyl groups excluding tert-OH is 1. The van der Waals surface area contributed by atoms with Gasteiger partial charge in [-0.3, -0.25) is 0 Å². The molecule has 4 nitrogen and oxygen atoms in total. The van der Waals surface area contributed by atoms with Gasteiger partial charge >= 0.3 is 0 Å². The highest BCUT2D eigenvalue weighted by Crippen LogP contribution is 2.08. The monoisotopic (exact) mass is 128 g/mol. The van der Waals surface area contributed by atoms with Gasteiger partial charge in [0.05, 0.1) is 0 Å². The van der Waals surface area contributed by atoms with E-state index in [2.05, 4.69) is 14.7 Å². The zero-order valence-corrected chi connectivity index (χ0v) is 5.11. The lowest BCUT2D eigenvalue weighted by Crippen LogP contribution is -1.96. The highest BCUT2D eigenvalue weighted by molar-refractivity contribution is 4.82. The molecule has 0 aliphatic heterocycles. The van der Waals surface area contributed by atoms with Crippen LogP contribution in [0.1, 0.15) is 25.3 Å². The topological polar surface area (TPSA) is 59.2 Å². The summed E-state index contributed by atoms with van der Waals surface area (Å²) in [5.41, 5.74) is 0. The van der Waals surface area contributed by atoms with Crippen LogP contribution in [0.15, 0.2) is 10.9 Å². The van der Waals surface area contributed by atoms with Crippen LogP contribution in [-0.4, -0.2) is 15.2 Å². The van der Waals surface area contributed by atoms with Gasteiger partial charge in [-0.1, -0.05) is 12.1 Å². The Morgan fingerprint density at radius 3 is 3.11 bits per heavy atom. The van der Waals surface area contributed by atoms with E-state index in [9.17, 15) is 0 Å². The predicted octanol–water partition coefficient (Wildman–Crippen LogP) is 0.513. The molecule has 0 aromatic carbocycles. The molecule has 1 atom stereocenters. The molecular formula is C5H8N2O2. The van der Waals surface area contributed by atoms with Crippen molar-refractivity contribution in [2.24, 2.45) is 0 Å². The first-order chi connectivity index (χ1) is 4.34. The van der Waals surface area contributed by atoms with Crippen molar-refractivity contribution in [3.05, 3.63) is 12.2 Å². The number of hydrogen-bond donors (Lipinski definition) is 1. The average Bonchev–Trinajstić information content (AvgIpc) is 2.37. The highest BCUT2D eigenvalue weighted by Gasteiger charge is 2.07. The summed E-state index contributed by atoms with van der Waals surface area (Å²) in [6.45, 7) is 1.85. The highest BCUT2D eigenvalue weighted by atomic mass is 16.5. The minimum absolute atomic E-state index is 0.359. The lowest BCUT2D eigenvalue weighted by molar-refractivity contribution is 0.159. The second-order valence-corrected chi connectivity index (χ2v) is 1.71. The summed E-state index contributed by atoms with van der Waals surface area (Å²) < 4.78 is 4.42. The van der Waals surface area contributed by atoms with Gasteiger partial charge in [0.25, 0.3) is 0 Å². The van der Waals surface area contributed by atoms with Crippen LogP contribution in [0, 0.1) is 0 Å². The molecule has 9 heavy (non-hydrogen) atoms. The van der Waals surface area contributed by atoms with Crippen LogP contribution < -0.4 is 0 Å². The van der Waals surface area contributed by atoms with Crippen LogP contribution in [0.25, 0.3) is 0 Å². The van der Waals surface area contributed by atoms with E-state index >= 15 is 0 Å². The molecule has 1 N–H and O–H groups in total. The van der Waals surface area contributed by atoms with Crippen LogP contribution in [-0.2, 0) is 0 Å². The Morgan fingerprint density at radius 2 is 2.67 bits per heavy atom. The third-order valence-electron chi connectivity index (χ3n) is 1.06. The molecule has 1 heterocycles. The van der Waals surface area contributed by atoms with E-state index in [4.69, 9.17) is 5.11 Å². The lowest BCUT2D eigenvalue weighted by Gasteiger charge is -1.97. The predicted molar refractivity (Wildman–Crippen MR) is 29.5 cm³/mol. The standard InChI is InChI=1S/C5H8N2O2/c1-2-4(8)5-6-3-9-7-5/h3-4,8H,2H2,1H3. The Bertz CT molecular complexity index is 161. The van der Waals surface area contributed by atoms with E-state index in [0.29, 0.717) is 12.2 Å². The molecule has 50 valence electrons. The van der Waals surface area contributed by atoms with Crippen molar-refractivity contribution in [1.29, 1.82) is 0 Å². The van der Waals surface area contributed by atoms with Crippen molar-refractivity contribution >= 4 is 0 Å². The van der Waals surface area contributed by atoms with Crippen LogP contribution in [0.5, 0.6) is 0 Å². The summed E-state index contributed by atoms with van der Waals surface area (Å²) in [5, 5.41) is 12.5. The van der Waals surface area contributed by atoms with Crippen molar-refractivity contribution in [2.45, 2.75) is 19.4 Å². The number of rotatable bonds is 2. The average molecular weight is 128 g/mol. The van der Waals surface area contributed by atoms with Gasteiger partial charge in [-0.05, 0) is 6.42 Å².